The van der Waals surface area contributed by atoms with E-state index in [0.29, 0.717) is 24.9 Å². The molecule has 1 aromatic carbocycles. The molecule has 7 heteroatoms. The first-order valence-corrected chi connectivity index (χ1v) is 8.44. The van der Waals surface area contributed by atoms with Crippen LogP contribution in [0.2, 0.25) is 0 Å². The summed E-state index contributed by atoms with van der Waals surface area (Å²) in [5, 5.41) is 11.8. The van der Waals surface area contributed by atoms with Crippen molar-refractivity contribution < 1.29 is 14.7 Å². The second kappa shape index (κ2) is 6.58. The Morgan fingerprint density at radius 1 is 1.10 bits per heavy atom. The van der Waals surface area contributed by atoms with Gasteiger partial charge in [0.2, 0.25) is 5.91 Å². The Balaban J connectivity index is 2.08. The number of anilines is 1. The molecule has 2 rings (SSSR count). The maximum absolute atomic E-state index is 12.2. The van der Waals surface area contributed by atoms with E-state index in [0.717, 1.165) is 13.4 Å². The smallest absolute Gasteiger partial charge is 0.306 e. The number of halogens is 3. The van der Waals surface area contributed by atoms with Crippen molar-refractivity contribution in [1.82, 2.24) is 0 Å². The van der Waals surface area contributed by atoms with E-state index >= 15 is 0 Å². The molecular weight excluding hydrogens is 458 g/mol. The Hall–Kier alpha value is -0.400. The molecule has 0 unspecified atom stereocenters. The molecule has 1 aliphatic carbocycles. The van der Waals surface area contributed by atoms with Gasteiger partial charge in [-0.3, -0.25) is 9.59 Å². The average molecular weight is 470 g/mol. The highest BCUT2D eigenvalue weighted by molar-refractivity contribution is 9.11. The number of nitrogens with one attached hydrogen (secondary N) is 1. The maximum atomic E-state index is 12.2. The number of aliphatic carboxylic acids is 1. The first kappa shape index (κ1) is 16.0. The summed E-state index contributed by atoms with van der Waals surface area (Å²) in [5.74, 6) is -1.58. The molecule has 2 atom stereocenters. The highest BCUT2D eigenvalue weighted by Crippen LogP contribution is 2.36. The molecule has 108 valence electrons. The standard InChI is InChI=1S/C13H12Br3NO3/c14-8-4-9(15)11(10(16)5-8)17-12(18)6-1-2-7(3-6)13(19)20/h4-7H,1-3H2,(H,17,18)(H,19,20)/t6-,7+/m1/s1. The van der Waals surface area contributed by atoms with Gasteiger partial charge in [0.1, 0.15) is 0 Å². The molecule has 2 N–H and O–H groups in total. The quantitative estimate of drug-likeness (QED) is 0.689. The van der Waals surface area contributed by atoms with Gasteiger partial charge in [-0.05, 0) is 63.3 Å². The predicted molar refractivity (Wildman–Crippen MR) is 86.6 cm³/mol. The fourth-order valence-electron chi connectivity index (χ4n) is 2.33. The van der Waals surface area contributed by atoms with E-state index in [4.69, 9.17) is 5.11 Å². The molecule has 0 aromatic heterocycles. The van der Waals surface area contributed by atoms with Crippen LogP contribution in [0.15, 0.2) is 25.6 Å². The van der Waals surface area contributed by atoms with Crippen LogP contribution in [0.25, 0.3) is 0 Å². The van der Waals surface area contributed by atoms with E-state index < -0.39 is 11.9 Å². The molecule has 0 spiro atoms. The van der Waals surface area contributed by atoms with Gasteiger partial charge in [0.15, 0.2) is 0 Å². The number of hydrogen-bond donors (Lipinski definition) is 2. The normalized spacial score (nSPS) is 21.8. The number of carboxylic acids is 1. The molecule has 0 heterocycles. The van der Waals surface area contributed by atoms with Crippen molar-refractivity contribution in [3.63, 3.8) is 0 Å². The summed E-state index contributed by atoms with van der Waals surface area (Å²) in [6.45, 7) is 0. The Morgan fingerprint density at radius 2 is 1.65 bits per heavy atom. The van der Waals surface area contributed by atoms with Gasteiger partial charge < -0.3 is 10.4 Å². The molecule has 1 saturated carbocycles. The SMILES string of the molecule is O=C(O)[C@H]1CC[C@@H](C(=O)Nc2c(Br)cc(Br)cc2Br)C1. The lowest BCUT2D eigenvalue weighted by molar-refractivity contribution is -0.141. The van der Waals surface area contributed by atoms with E-state index in [2.05, 4.69) is 53.1 Å². The lowest BCUT2D eigenvalue weighted by Gasteiger charge is -2.14. The summed E-state index contributed by atoms with van der Waals surface area (Å²) in [5.41, 5.74) is 0.664. The minimum absolute atomic E-state index is 0.127. The fraction of sp³-hybridized carbons (Fsp3) is 0.385. The third kappa shape index (κ3) is 3.62. The van der Waals surface area contributed by atoms with Gasteiger partial charge in [0.05, 0.1) is 11.6 Å². The lowest BCUT2D eigenvalue weighted by Crippen LogP contribution is -2.22. The number of carbonyl (C=O) groups excluding carboxylic acids is 1. The van der Waals surface area contributed by atoms with Crippen LogP contribution in [0.3, 0.4) is 0 Å². The maximum Gasteiger partial charge on any atom is 0.306 e. The van der Waals surface area contributed by atoms with Crippen molar-refractivity contribution in [2.75, 3.05) is 5.32 Å². The minimum Gasteiger partial charge on any atom is -0.481 e. The molecule has 1 aromatic rings. The third-order valence-corrected chi connectivity index (χ3v) is 5.12. The number of carboxylic acid groups (broad SMARTS) is 1. The first-order chi connectivity index (χ1) is 9.38. The van der Waals surface area contributed by atoms with E-state index in [-0.39, 0.29) is 11.8 Å². The Kier molecular flexibility index (Phi) is 5.25. The minimum atomic E-state index is -0.814. The molecule has 0 aliphatic heterocycles. The van der Waals surface area contributed by atoms with Crippen LogP contribution < -0.4 is 5.32 Å². The molecule has 4 nitrogen and oxygen atoms in total. The van der Waals surface area contributed by atoms with E-state index in [1.54, 1.807) is 0 Å². The van der Waals surface area contributed by atoms with Gasteiger partial charge in [0, 0.05) is 19.3 Å². The van der Waals surface area contributed by atoms with Crippen molar-refractivity contribution in [3.05, 3.63) is 25.6 Å². The Bertz CT molecular complexity index is 539. The Labute approximate surface area is 141 Å². The van der Waals surface area contributed by atoms with Crippen LogP contribution in [0, 0.1) is 11.8 Å². The lowest BCUT2D eigenvalue weighted by atomic mass is 10.0. The summed E-state index contributed by atoms with van der Waals surface area (Å²) in [6, 6.07) is 3.68. The first-order valence-electron chi connectivity index (χ1n) is 6.06. The van der Waals surface area contributed by atoms with Crippen molar-refractivity contribution in [1.29, 1.82) is 0 Å². The van der Waals surface area contributed by atoms with Crippen LogP contribution in [0.4, 0.5) is 5.69 Å². The zero-order chi connectivity index (χ0) is 14.9. The number of amides is 1. The van der Waals surface area contributed by atoms with Gasteiger partial charge in [-0.2, -0.15) is 0 Å². The van der Waals surface area contributed by atoms with Crippen LogP contribution in [0.5, 0.6) is 0 Å². The molecule has 1 amide bonds. The summed E-state index contributed by atoms with van der Waals surface area (Å²) < 4.78 is 2.42. The monoisotopic (exact) mass is 467 g/mol. The van der Waals surface area contributed by atoms with Crippen molar-refractivity contribution >= 4 is 65.4 Å². The van der Waals surface area contributed by atoms with Crippen molar-refractivity contribution in [2.24, 2.45) is 11.8 Å². The number of rotatable bonds is 3. The highest BCUT2D eigenvalue weighted by atomic mass is 79.9. The molecule has 0 saturated heterocycles. The van der Waals surface area contributed by atoms with Crippen molar-refractivity contribution in [2.45, 2.75) is 19.3 Å². The predicted octanol–water partition coefficient (Wildman–Crippen LogP) is 4.41. The van der Waals surface area contributed by atoms with E-state index in [1.165, 1.54) is 0 Å². The molecule has 1 fully saturated rings. The van der Waals surface area contributed by atoms with Crippen LogP contribution in [0.1, 0.15) is 19.3 Å². The zero-order valence-corrected chi connectivity index (χ0v) is 15.1. The van der Waals surface area contributed by atoms with Gasteiger partial charge >= 0.3 is 5.97 Å². The largest absolute Gasteiger partial charge is 0.481 e. The number of hydrogen-bond acceptors (Lipinski definition) is 2. The number of carbonyl (C=O) groups is 2. The summed E-state index contributed by atoms with van der Waals surface area (Å²) in [6.07, 6.45) is 1.59. The summed E-state index contributed by atoms with van der Waals surface area (Å²) >= 11 is 10.2. The summed E-state index contributed by atoms with van der Waals surface area (Å²) in [7, 11) is 0. The van der Waals surface area contributed by atoms with Crippen LogP contribution >= 0.6 is 47.8 Å². The molecule has 20 heavy (non-hydrogen) atoms. The van der Waals surface area contributed by atoms with Gasteiger partial charge in [0.25, 0.3) is 0 Å². The zero-order valence-electron chi connectivity index (χ0n) is 10.3. The van der Waals surface area contributed by atoms with Gasteiger partial charge in [-0.15, -0.1) is 0 Å². The van der Waals surface area contributed by atoms with E-state index in [1.807, 2.05) is 12.1 Å². The molecule has 1 aliphatic rings. The topological polar surface area (TPSA) is 66.4 Å². The van der Waals surface area contributed by atoms with E-state index in [9.17, 15) is 9.59 Å². The van der Waals surface area contributed by atoms with Crippen LogP contribution in [-0.4, -0.2) is 17.0 Å². The fourth-order valence-corrected chi connectivity index (χ4v) is 4.79. The van der Waals surface area contributed by atoms with Gasteiger partial charge in [-0.25, -0.2) is 0 Å². The highest BCUT2D eigenvalue weighted by Gasteiger charge is 2.34. The summed E-state index contributed by atoms with van der Waals surface area (Å²) in [4.78, 5) is 23.1. The van der Waals surface area contributed by atoms with Crippen molar-refractivity contribution in [3.8, 4) is 0 Å². The van der Waals surface area contributed by atoms with Crippen LogP contribution in [-0.2, 0) is 9.59 Å². The molecule has 0 radical (unpaired) electrons. The van der Waals surface area contributed by atoms with Gasteiger partial charge in [-0.1, -0.05) is 15.9 Å². The second-order valence-corrected chi connectivity index (χ2v) is 7.40. The second-order valence-electron chi connectivity index (χ2n) is 4.78. The molecular formula is C13H12Br3NO3. The third-order valence-electron chi connectivity index (χ3n) is 3.41. The Morgan fingerprint density at radius 3 is 2.15 bits per heavy atom. The average Bonchev–Trinajstić information content (AvgIpc) is 2.83. The number of benzene rings is 1. The molecule has 0 bridgehead atoms.